The van der Waals surface area contributed by atoms with Crippen molar-refractivity contribution in [2.45, 2.75) is 40.3 Å². The van der Waals surface area contributed by atoms with Crippen LogP contribution in [0.25, 0.3) is 0 Å². The van der Waals surface area contributed by atoms with Crippen molar-refractivity contribution in [2.24, 2.45) is 0 Å². The van der Waals surface area contributed by atoms with Crippen LogP contribution < -0.4 is 4.74 Å². The molecule has 0 spiro atoms. The van der Waals surface area contributed by atoms with Gasteiger partial charge in [0.25, 0.3) is 0 Å². The molecular formula is C15H20N2O. The van der Waals surface area contributed by atoms with Gasteiger partial charge in [0.2, 0.25) is 0 Å². The Labute approximate surface area is 108 Å². The predicted octanol–water partition coefficient (Wildman–Crippen LogP) is 3.35. The molecule has 0 aliphatic heterocycles. The van der Waals surface area contributed by atoms with E-state index in [9.17, 15) is 0 Å². The molecule has 18 heavy (non-hydrogen) atoms. The van der Waals surface area contributed by atoms with Gasteiger partial charge in [0.15, 0.2) is 0 Å². The van der Waals surface area contributed by atoms with Crippen LogP contribution in [0.3, 0.4) is 0 Å². The quantitative estimate of drug-likeness (QED) is 0.806. The molecule has 2 rings (SSSR count). The van der Waals surface area contributed by atoms with Gasteiger partial charge in [-0.15, -0.1) is 0 Å². The number of aryl methyl sites for hydroxylation is 3. The molecule has 0 aliphatic rings. The summed E-state index contributed by atoms with van der Waals surface area (Å²) in [5.41, 5.74) is 3.41. The zero-order valence-electron chi connectivity index (χ0n) is 11.3. The fourth-order valence-corrected chi connectivity index (χ4v) is 2.08. The highest BCUT2D eigenvalue weighted by molar-refractivity contribution is 5.33. The first-order valence-electron chi connectivity index (χ1n) is 6.48. The number of aromatic nitrogens is 2. The standard InChI is InChI=1S/C15H20N2O/c1-4-13-8-6-7-9-15(13)18-11-14-10-12(3)16-17(14)5-2/h6-10H,4-5,11H2,1-3H3. The molecule has 1 heterocycles. The van der Waals surface area contributed by atoms with E-state index >= 15 is 0 Å². The van der Waals surface area contributed by atoms with Crippen molar-refractivity contribution in [3.05, 3.63) is 47.3 Å². The number of para-hydroxylation sites is 1. The fourth-order valence-electron chi connectivity index (χ4n) is 2.08. The third-order valence-corrected chi connectivity index (χ3v) is 3.01. The normalized spacial score (nSPS) is 10.6. The largest absolute Gasteiger partial charge is 0.487 e. The highest BCUT2D eigenvalue weighted by Gasteiger charge is 2.06. The van der Waals surface area contributed by atoms with Gasteiger partial charge in [-0.2, -0.15) is 5.10 Å². The van der Waals surface area contributed by atoms with E-state index in [0.717, 1.165) is 30.1 Å². The SMILES string of the molecule is CCc1ccccc1OCc1cc(C)nn1CC. The van der Waals surface area contributed by atoms with Crippen LogP contribution >= 0.6 is 0 Å². The van der Waals surface area contributed by atoms with E-state index in [1.807, 2.05) is 29.8 Å². The number of nitrogens with zero attached hydrogens (tertiary/aromatic N) is 2. The average Bonchev–Trinajstić information content (AvgIpc) is 2.77. The average molecular weight is 244 g/mol. The van der Waals surface area contributed by atoms with Crippen LogP contribution in [-0.2, 0) is 19.6 Å². The van der Waals surface area contributed by atoms with Crippen LogP contribution in [0.5, 0.6) is 5.75 Å². The molecule has 3 heteroatoms. The Kier molecular flexibility index (Phi) is 4.03. The Balaban J connectivity index is 2.11. The molecule has 0 unspecified atom stereocenters. The third-order valence-electron chi connectivity index (χ3n) is 3.01. The van der Waals surface area contributed by atoms with Crippen LogP contribution in [0.1, 0.15) is 30.8 Å². The molecule has 0 aliphatic carbocycles. The maximum atomic E-state index is 5.91. The fraction of sp³-hybridized carbons (Fsp3) is 0.400. The Morgan fingerprint density at radius 3 is 2.72 bits per heavy atom. The molecular weight excluding hydrogens is 224 g/mol. The smallest absolute Gasteiger partial charge is 0.130 e. The lowest BCUT2D eigenvalue weighted by Crippen LogP contribution is -2.06. The van der Waals surface area contributed by atoms with Gasteiger partial charge in [0, 0.05) is 6.54 Å². The third kappa shape index (κ3) is 2.73. The predicted molar refractivity (Wildman–Crippen MR) is 72.8 cm³/mol. The summed E-state index contributed by atoms with van der Waals surface area (Å²) in [6.45, 7) is 7.70. The van der Waals surface area contributed by atoms with Gasteiger partial charge in [0.1, 0.15) is 12.4 Å². The summed E-state index contributed by atoms with van der Waals surface area (Å²) >= 11 is 0. The van der Waals surface area contributed by atoms with E-state index in [1.165, 1.54) is 5.56 Å². The first-order valence-corrected chi connectivity index (χ1v) is 6.48. The molecule has 0 saturated carbocycles. The first kappa shape index (κ1) is 12.7. The van der Waals surface area contributed by atoms with E-state index in [-0.39, 0.29) is 0 Å². The lowest BCUT2D eigenvalue weighted by atomic mass is 10.1. The number of hydrogen-bond acceptors (Lipinski definition) is 2. The number of ether oxygens (including phenoxy) is 1. The van der Waals surface area contributed by atoms with Crippen molar-refractivity contribution >= 4 is 0 Å². The minimum absolute atomic E-state index is 0.575. The van der Waals surface area contributed by atoms with Gasteiger partial charge in [-0.25, -0.2) is 0 Å². The minimum atomic E-state index is 0.575. The maximum Gasteiger partial charge on any atom is 0.130 e. The lowest BCUT2D eigenvalue weighted by Gasteiger charge is -2.10. The van der Waals surface area contributed by atoms with Crippen molar-refractivity contribution in [1.82, 2.24) is 9.78 Å². The summed E-state index contributed by atoms with van der Waals surface area (Å²) in [5.74, 6) is 0.974. The molecule has 2 aromatic rings. The molecule has 0 radical (unpaired) electrons. The lowest BCUT2D eigenvalue weighted by molar-refractivity contribution is 0.289. The van der Waals surface area contributed by atoms with Gasteiger partial charge >= 0.3 is 0 Å². The Hall–Kier alpha value is -1.77. The van der Waals surface area contributed by atoms with Crippen molar-refractivity contribution in [3.8, 4) is 5.75 Å². The topological polar surface area (TPSA) is 27.1 Å². The molecule has 96 valence electrons. The van der Waals surface area contributed by atoms with Crippen molar-refractivity contribution in [3.63, 3.8) is 0 Å². The molecule has 0 bridgehead atoms. The van der Waals surface area contributed by atoms with E-state index in [1.54, 1.807) is 0 Å². The molecule has 0 saturated heterocycles. The van der Waals surface area contributed by atoms with E-state index in [2.05, 4.69) is 31.1 Å². The maximum absolute atomic E-state index is 5.91. The van der Waals surface area contributed by atoms with Crippen LogP contribution in [0.2, 0.25) is 0 Å². The molecule has 1 aromatic heterocycles. The monoisotopic (exact) mass is 244 g/mol. The van der Waals surface area contributed by atoms with E-state index in [4.69, 9.17) is 4.74 Å². The molecule has 0 N–H and O–H groups in total. The summed E-state index contributed by atoms with van der Waals surface area (Å²) in [5, 5.41) is 4.42. The van der Waals surface area contributed by atoms with Gasteiger partial charge < -0.3 is 4.74 Å². The first-order chi connectivity index (χ1) is 8.74. The second-order valence-corrected chi connectivity index (χ2v) is 4.34. The number of benzene rings is 1. The molecule has 3 nitrogen and oxygen atoms in total. The van der Waals surface area contributed by atoms with Crippen LogP contribution in [0, 0.1) is 6.92 Å². The molecule has 0 fully saturated rings. The minimum Gasteiger partial charge on any atom is -0.487 e. The zero-order chi connectivity index (χ0) is 13.0. The van der Waals surface area contributed by atoms with Crippen LogP contribution in [0.4, 0.5) is 0 Å². The van der Waals surface area contributed by atoms with Crippen molar-refractivity contribution in [1.29, 1.82) is 0 Å². The van der Waals surface area contributed by atoms with E-state index in [0.29, 0.717) is 6.61 Å². The van der Waals surface area contributed by atoms with Gasteiger partial charge in [-0.05, 0) is 38.0 Å². The molecule has 0 amide bonds. The summed E-state index contributed by atoms with van der Waals surface area (Å²) in [6.07, 6.45) is 0.988. The summed E-state index contributed by atoms with van der Waals surface area (Å²) in [7, 11) is 0. The van der Waals surface area contributed by atoms with E-state index < -0.39 is 0 Å². The van der Waals surface area contributed by atoms with Crippen LogP contribution in [0.15, 0.2) is 30.3 Å². The van der Waals surface area contributed by atoms with Gasteiger partial charge in [-0.1, -0.05) is 25.1 Å². The molecule has 0 atom stereocenters. The Morgan fingerprint density at radius 2 is 2.00 bits per heavy atom. The number of rotatable bonds is 5. The molecule has 1 aromatic carbocycles. The van der Waals surface area contributed by atoms with Crippen molar-refractivity contribution in [2.75, 3.05) is 0 Å². The zero-order valence-corrected chi connectivity index (χ0v) is 11.3. The summed E-state index contributed by atoms with van der Waals surface area (Å²) in [4.78, 5) is 0. The van der Waals surface area contributed by atoms with Gasteiger partial charge in [-0.3, -0.25) is 4.68 Å². The van der Waals surface area contributed by atoms with Gasteiger partial charge in [0.05, 0.1) is 11.4 Å². The van der Waals surface area contributed by atoms with Crippen LogP contribution in [-0.4, -0.2) is 9.78 Å². The number of hydrogen-bond donors (Lipinski definition) is 0. The second kappa shape index (κ2) is 5.71. The van der Waals surface area contributed by atoms with Crippen molar-refractivity contribution < 1.29 is 4.74 Å². The summed E-state index contributed by atoms with van der Waals surface area (Å²) in [6, 6.07) is 10.3. The Morgan fingerprint density at radius 1 is 1.22 bits per heavy atom. The summed E-state index contributed by atoms with van der Waals surface area (Å²) < 4.78 is 7.90. The Bertz CT molecular complexity index is 517. The highest BCUT2D eigenvalue weighted by Crippen LogP contribution is 2.19. The second-order valence-electron chi connectivity index (χ2n) is 4.34. The highest BCUT2D eigenvalue weighted by atomic mass is 16.5.